The third kappa shape index (κ3) is 2.22. The molecule has 22 heavy (non-hydrogen) atoms. The van der Waals surface area contributed by atoms with E-state index in [-0.39, 0.29) is 11.2 Å². The molecular formula is C18H16O4. The van der Waals surface area contributed by atoms with Gasteiger partial charge in [-0.25, -0.2) is 0 Å². The molecule has 0 aliphatic rings. The van der Waals surface area contributed by atoms with Crippen LogP contribution in [-0.2, 0) is 0 Å². The second-order valence-electron chi connectivity index (χ2n) is 5.19. The Morgan fingerprint density at radius 2 is 1.59 bits per heavy atom. The van der Waals surface area contributed by atoms with Crippen molar-refractivity contribution < 1.29 is 14.3 Å². The lowest BCUT2D eigenvalue weighted by molar-refractivity contribution is 0.419. The summed E-state index contributed by atoms with van der Waals surface area (Å²) in [4.78, 5) is 12.6. The van der Waals surface area contributed by atoms with E-state index < -0.39 is 0 Å². The van der Waals surface area contributed by atoms with Gasteiger partial charge in [-0.2, -0.15) is 0 Å². The zero-order valence-electron chi connectivity index (χ0n) is 12.6. The molecule has 3 rings (SSSR count). The van der Waals surface area contributed by atoms with Crippen molar-refractivity contribution in [2.24, 2.45) is 0 Å². The molecule has 0 radical (unpaired) electrons. The summed E-state index contributed by atoms with van der Waals surface area (Å²) in [5.74, 6) is 2.02. The molecule has 0 amide bonds. The fourth-order valence-corrected chi connectivity index (χ4v) is 2.73. The van der Waals surface area contributed by atoms with Gasteiger partial charge in [-0.05, 0) is 49.2 Å². The summed E-state index contributed by atoms with van der Waals surface area (Å²) >= 11 is 0. The molecule has 0 spiro atoms. The second kappa shape index (κ2) is 5.22. The predicted molar refractivity (Wildman–Crippen MR) is 85.6 cm³/mol. The van der Waals surface area contributed by atoms with Crippen LogP contribution < -0.4 is 10.2 Å². The number of rotatable bonds is 2. The molecule has 0 aliphatic carbocycles. The molecule has 1 aromatic heterocycles. The van der Waals surface area contributed by atoms with Crippen molar-refractivity contribution in [3.05, 3.63) is 58.1 Å². The average Bonchev–Trinajstić information content (AvgIpc) is 2.69. The number of phenols is 1. The zero-order valence-corrected chi connectivity index (χ0v) is 12.6. The van der Waals surface area contributed by atoms with Gasteiger partial charge in [-0.3, -0.25) is 4.79 Å². The minimum atomic E-state index is -0.115. The Hall–Kier alpha value is -2.75. The van der Waals surface area contributed by atoms with E-state index in [1.807, 2.05) is 13.0 Å². The first-order valence-corrected chi connectivity index (χ1v) is 6.92. The minimum Gasteiger partial charge on any atom is -0.508 e. The standard InChI is InChI=1S/C18H16O4/c1-10-17-15(20)8-13(12-4-6-14(19)7-5-12)9-16(21-3)18(17)11(2)22-10/h4-9,19H,1-3H3. The van der Waals surface area contributed by atoms with Crippen LogP contribution in [0.5, 0.6) is 11.5 Å². The normalized spacial score (nSPS) is 10.9. The molecule has 4 heteroatoms. The SMILES string of the molecule is COc1cc(-c2ccc(O)cc2)cc(=O)c2c(C)oc(C)c12. The molecule has 4 nitrogen and oxygen atoms in total. The molecule has 2 aromatic carbocycles. The van der Waals surface area contributed by atoms with Gasteiger partial charge in [0.05, 0.1) is 17.9 Å². The first-order chi connectivity index (χ1) is 10.5. The molecule has 112 valence electrons. The van der Waals surface area contributed by atoms with E-state index in [4.69, 9.17) is 9.15 Å². The molecule has 1 N–H and O–H groups in total. The molecule has 3 aromatic rings. The maximum atomic E-state index is 12.6. The van der Waals surface area contributed by atoms with Gasteiger partial charge in [-0.15, -0.1) is 0 Å². The van der Waals surface area contributed by atoms with Crippen molar-refractivity contribution in [3.63, 3.8) is 0 Å². The van der Waals surface area contributed by atoms with Gasteiger partial charge in [0.2, 0.25) is 0 Å². The Bertz CT molecular complexity index is 905. The fourth-order valence-electron chi connectivity index (χ4n) is 2.73. The van der Waals surface area contributed by atoms with Crippen molar-refractivity contribution in [2.75, 3.05) is 7.11 Å². The Balaban J connectivity index is 2.40. The highest BCUT2D eigenvalue weighted by Gasteiger charge is 2.15. The molecule has 0 unspecified atom stereocenters. The van der Waals surface area contributed by atoms with Crippen LogP contribution in [0.25, 0.3) is 21.9 Å². The number of ether oxygens (including phenoxy) is 1. The monoisotopic (exact) mass is 296 g/mol. The summed E-state index contributed by atoms with van der Waals surface area (Å²) in [5, 5.41) is 10.6. The Labute approximate surface area is 127 Å². The number of hydrogen-bond donors (Lipinski definition) is 1. The number of aromatic hydroxyl groups is 1. The van der Waals surface area contributed by atoms with Gasteiger partial charge in [0.1, 0.15) is 23.0 Å². The first-order valence-electron chi connectivity index (χ1n) is 6.92. The number of aryl methyl sites for hydroxylation is 2. The highest BCUT2D eigenvalue weighted by atomic mass is 16.5. The largest absolute Gasteiger partial charge is 0.508 e. The summed E-state index contributed by atoms with van der Waals surface area (Å²) in [5.41, 5.74) is 1.45. The topological polar surface area (TPSA) is 59.7 Å². The van der Waals surface area contributed by atoms with Crippen molar-refractivity contribution in [1.82, 2.24) is 0 Å². The van der Waals surface area contributed by atoms with Crippen LogP contribution in [0.3, 0.4) is 0 Å². The second-order valence-corrected chi connectivity index (χ2v) is 5.19. The Kier molecular flexibility index (Phi) is 3.37. The molecular weight excluding hydrogens is 280 g/mol. The summed E-state index contributed by atoms with van der Waals surface area (Å²) < 4.78 is 11.1. The van der Waals surface area contributed by atoms with E-state index in [1.165, 1.54) is 0 Å². The van der Waals surface area contributed by atoms with Crippen molar-refractivity contribution in [3.8, 4) is 22.6 Å². The van der Waals surface area contributed by atoms with Gasteiger partial charge in [0.25, 0.3) is 0 Å². The third-order valence-electron chi connectivity index (χ3n) is 3.75. The summed E-state index contributed by atoms with van der Waals surface area (Å²) in [6.07, 6.45) is 0. The molecule has 0 fully saturated rings. The Morgan fingerprint density at radius 3 is 2.23 bits per heavy atom. The van der Waals surface area contributed by atoms with Gasteiger partial charge < -0.3 is 14.3 Å². The van der Waals surface area contributed by atoms with Gasteiger partial charge in [0.15, 0.2) is 5.43 Å². The number of benzene rings is 1. The maximum absolute atomic E-state index is 12.6. The lowest BCUT2D eigenvalue weighted by Crippen LogP contribution is -1.96. The van der Waals surface area contributed by atoms with Crippen LogP contribution in [0.1, 0.15) is 11.5 Å². The molecule has 0 atom stereocenters. The predicted octanol–water partition coefficient (Wildman–Crippen LogP) is 3.79. The number of furan rings is 1. The van der Waals surface area contributed by atoms with E-state index in [9.17, 15) is 9.90 Å². The highest BCUT2D eigenvalue weighted by Crippen LogP contribution is 2.33. The van der Waals surface area contributed by atoms with E-state index in [2.05, 4.69) is 0 Å². The van der Waals surface area contributed by atoms with Gasteiger partial charge in [0, 0.05) is 0 Å². The third-order valence-corrected chi connectivity index (χ3v) is 3.75. The lowest BCUT2D eigenvalue weighted by Gasteiger charge is -2.02. The first kappa shape index (κ1) is 14.2. The maximum Gasteiger partial charge on any atom is 0.190 e. The van der Waals surface area contributed by atoms with E-state index in [0.29, 0.717) is 28.0 Å². The molecule has 1 heterocycles. The average molecular weight is 296 g/mol. The van der Waals surface area contributed by atoms with E-state index >= 15 is 0 Å². The lowest BCUT2D eigenvalue weighted by atomic mass is 10.1. The number of methoxy groups -OCH3 is 1. The molecule has 0 saturated carbocycles. The smallest absolute Gasteiger partial charge is 0.190 e. The van der Waals surface area contributed by atoms with Crippen LogP contribution in [-0.4, -0.2) is 12.2 Å². The molecule has 0 saturated heterocycles. The minimum absolute atomic E-state index is 0.115. The summed E-state index contributed by atoms with van der Waals surface area (Å²) in [6, 6.07) is 10.1. The van der Waals surface area contributed by atoms with Crippen LogP contribution >= 0.6 is 0 Å². The van der Waals surface area contributed by atoms with Crippen molar-refractivity contribution in [1.29, 1.82) is 0 Å². The van der Waals surface area contributed by atoms with Crippen molar-refractivity contribution >= 4 is 10.8 Å². The zero-order chi connectivity index (χ0) is 15.9. The quantitative estimate of drug-likeness (QED) is 0.781. The summed E-state index contributed by atoms with van der Waals surface area (Å²) in [7, 11) is 1.57. The number of hydrogen-bond acceptors (Lipinski definition) is 4. The fraction of sp³-hybridized carbons (Fsp3) is 0.167. The van der Waals surface area contributed by atoms with Gasteiger partial charge in [-0.1, -0.05) is 12.1 Å². The van der Waals surface area contributed by atoms with Gasteiger partial charge >= 0.3 is 0 Å². The van der Waals surface area contributed by atoms with Crippen LogP contribution in [0.4, 0.5) is 0 Å². The summed E-state index contributed by atoms with van der Waals surface area (Å²) in [6.45, 7) is 3.59. The van der Waals surface area contributed by atoms with E-state index in [1.54, 1.807) is 44.4 Å². The van der Waals surface area contributed by atoms with Crippen LogP contribution in [0.2, 0.25) is 0 Å². The van der Waals surface area contributed by atoms with Crippen LogP contribution in [0, 0.1) is 13.8 Å². The number of fused-ring (bicyclic) bond motifs is 1. The number of phenolic OH excluding ortho intramolecular Hbond substituents is 1. The molecule has 0 bridgehead atoms. The van der Waals surface area contributed by atoms with Crippen molar-refractivity contribution in [2.45, 2.75) is 13.8 Å². The van der Waals surface area contributed by atoms with Crippen LogP contribution in [0.15, 0.2) is 45.6 Å². The Morgan fingerprint density at radius 1 is 0.955 bits per heavy atom. The van der Waals surface area contributed by atoms with E-state index in [0.717, 1.165) is 11.1 Å². The highest BCUT2D eigenvalue weighted by molar-refractivity contribution is 5.92. The molecule has 0 aliphatic heterocycles.